The van der Waals surface area contributed by atoms with Crippen LogP contribution in [-0.4, -0.2) is 24.8 Å². The van der Waals surface area contributed by atoms with Crippen molar-refractivity contribution in [2.45, 2.75) is 5.92 Å². The largest absolute Gasteiger partial charge is 3.00 e. The third-order valence-electron chi connectivity index (χ3n) is 11.4. The normalized spacial score (nSPS) is 12.8. The van der Waals surface area contributed by atoms with Crippen LogP contribution >= 0.6 is 0 Å². The molecule has 1 aliphatic rings. The first-order chi connectivity index (χ1) is 31.3. The molecule has 1 aliphatic heterocycles. The van der Waals surface area contributed by atoms with Crippen LogP contribution < -0.4 is 0 Å². The van der Waals surface area contributed by atoms with E-state index >= 15 is 0 Å². The number of benzene rings is 9. The SMILES string of the molecule is [Ir+3].[c-]1c(C2=Nc3ccccc3C2c2ccccc2)cccc1-c1nc2ccccc2n1-c1ccccc1.[c-]1ccccc1-c1[c-]c(-c2nc3ccccc3n2-c2ccccc2)ccc1. The van der Waals surface area contributed by atoms with Crippen molar-refractivity contribution in [2.24, 2.45) is 4.99 Å². The van der Waals surface area contributed by atoms with Crippen LogP contribution in [0.3, 0.4) is 0 Å². The minimum atomic E-state index is 0. The van der Waals surface area contributed by atoms with Gasteiger partial charge in [-0.15, -0.1) is 48.0 Å². The second kappa shape index (κ2) is 17.9. The predicted molar refractivity (Wildman–Crippen MR) is 256 cm³/mol. The number of nitrogens with zero attached hydrogens (tertiary/aromatic N) is 5. The van der Waals surface area contributed by atoms with Crippen molar-refractivity contribution in [1.82, 2.24) is 19.1 Å². The van der Waals surface area contributed by atoms with Crippen molar-refractivity contribution < 1.29 is 20.1 Å². The molecule has 9 aromatic carbocycles. The first-order valence-corrected chi connectivity index (χ1v) is 21.1. The average Bonchev–Trinajstić information content (AvgIpc) is 4.08. The summed E-state index contributed by atoms with van der Waals surface area (Å²) in [6.45, 7) is 0. The van der Waals surface area contributed by atoms with E-state index in [9.17, 15) is 0 Å². The van der Waals surface area contributed by atoms with Crippen LogP contribution in [0.5, 0.6) is 0 Å². The van der Waals surface area contributed by atoms with E-state index in [1.54, 1.807) is 0 Å². The van der Waals surface area contributed by atoms with Crippen LogP contribution in [0.2, 0.25) is 0 Å². The van der Waals surface area contributed by atoms with Crippen LogP contribution in [0.15, 0.2) is 229 Å². The zero-order valence-electron chi connectivity index (χ0n) is 34.5. The molecule has 12 rings (SSSR count). The summed E-state index contributed by atoms with van der Waals surface area (Å²) in [6, 6.07) is 87.2. The summed E-state index contributed by atoms with van der Waals surface area (Å²) in [5.74, 6) is 1.83. The van der Waals surface area contributed by atoms with Crippen molar-refractivity contribution in [3.63, 3.8) is 0 Å². The molecule has 5 nitrogen and oxygen atoms in total. The molecule has 6 heteroatoms. The van der Waals surface area contributed by atoms with Gasteiger partial charge in [-0.2, -0.15) is 42.0 Å². The van der Waals surface area contributed by atoms with Gasteiger partial charge < -0.3 is 9.13 Å². The Morgan fingerprint density at radius 2 is 0.859 bits per heavy atom. The van der Waals surface area contributed by atoms with E-state index in [2.05, 4.69) is 185 Å². The van der Waals surface area contributed by atoms with Gasteiger partial charge in [-0.1, -0.05) is 120 Å². The molecule has 11 aromatic rings. The van der Waals surface area contributed by atoms with E-state index in [1.807, 2.05) is 66.7 Å². The van der Waals surface area contributed by atoms with E-state index in [0.717, 1.165) is 84.3 Å². The number of imidazole rings is 2. The summed E-state index contributed by atoms with van der Waals surface area (Å²) >= 11 is 0. The molecule has 0 aliphatic carbocycles. The van der Waals surface area contributed by atoms with Crippen molar-refractivity contribution in [3.05, 3.63) is 259 Å². The van der Waals surface area contributed by atoms with Crippen LogP contribution in [0, 0.1) is 18.2 Å². The van der Waals surface area contributed by atoms with Gasteiger partial charge >= 0.3 is 20.1 Å². The molecule has 3 heterocycles. The van der Waals surface area contributed by atoms with Gasteiger partial charge in [0, 0.05) is 17.3 Å². The molecule has 304 valence electrons. The Kier molecular flexibility index (Phi) is 11.3. The van der Waals surface area contributed by atoms with E-state index in [0.29, 0.717) is 0 Å². The Balaban J connectivity index is 0.000000155. The molecule has 0 radical (unpaired) electrons. The second-order valence-corrected chi connectivity index (χ2v) is 15.3. The topological polar surface area (TPSA) is 48.0 Å². The molecule has 64 heavy (non-hydrogen) atoms. The number of hydrogen-bond donors (Lipinski definition) is 0. The van der Waals surface area contributed by atoms with Crippen molar-refractivity contribution in [3.8, 4) is 45.3 Å². The van der Waals surface area contributed by atoms with Crippen LogP contribution in [0.1, 0.15) is 22.6 Å². The van der Waals surface area contributed by atoms with Crippen molar-refractivity contribution in [1.29, 1.82) is 0 Å². The molecule has 2 aromatic heterocycles. The summed E-state index contributed by atoms with van der Waals surface area (Å²) in [6.07, 6.45) is 0. The summed E-state index contributed by atoms with van der Waals surface area (Å²) in [5.41, 5.74) is 15.7. The molecule has 1 unspecified atom stereocenters. The van der Waals surface area contributed by atoms with Gasteiger partial charge in [0.1, 0.15) is 0 Å². The van der Waals surface area contributed by atoms with Crippen LogP contribution in [0.25, 0.3) is 67.3 Å². The maximum absolute atomic E-state index is 5.10. The van der Waals surface area contributed by atoms with Crippen LogP contribution in [0.4, 0.5) is 5.69 Å². The third-order valence-corrected chi connectivity index (χ3v) is 11.4. The van der Waals surface area contributed by atoms with Gasteiger partial charge in [0.15, 0.2) is 0 Å². The summed E-state index contributed by atoms with van der Waals surface area (Å²) in [5, 5.41) is 0. The summed E-state index contributed by atoms with van der Waals surface area (Å²) in [4.78, 5) is 15.0. The second-order valence-electron chi connectivity index (χ2n) is 15.3. The molecule has 0 N–H and O–H groups in total. The molecule has 0 fully saturated rings. The fourth-order valence-electron chi connectivity index (χ4n) is 8.53. The molecular weight excluding hydrogens is 959 g/mol. The quantitative estimate of drug-likeness (QED) is 0.149. The van der Waals surface area contributed by atoms with E-state index < -0.39 is 0 Å². The molecule has 0 spiro atoms. The fraction of sp³-hybridized carbons (Fsp3) is 0.0172. The number of aliphatic imine (C=N–C) groups is 1. The summed E-state index contributed by atoms with van der Waals surface area (Å²) < 4.78 is 4.41. The van der Waals surface area contributed by atoms with E-state index in [-0.39, 0.29) is 26.0 Å². The maximum atomic E-state index is 5.10. The monoisotopic (exact) mass is 997 g/mol. The molecule has 1 atom stereocenters. The van der Waals surface area contributed by atoms with Gasteiger partial charge in [-0.3, -0.25) is 15.0 Å². The van der Waals surface area contributed by atoms with Crippen molar-refractivity contribution in [2.75, 3.05) is 0 Å². The maximum Gasteiger partial charge on any atom is 3.00 e. The van der Waals surface area contributed by atoms with E-state index in [4.69, 9.17) is 15.0 Å². The number of aromatic nitrogens is 4. The number of hydrogen-bond acceptors (Lipinski definition) is 3. The Labute approximate surface area is 386 Å². The zero-order chi connectivity index (χ0) is 42.0. The Hall–Kier alpha value is -7.76. The van der Waals surface area contributed by atoms with Gasteiger partial charge in [-0.25, -0.2) is 5.56 Å². The Morgan fingerprint density at radius 1 is 0.391 bits per heavy atom. The smallest absolute Gasteiger partial charge is 0.325 e. The van der Waals surface area contributed by atoms with Gasteiger partial charge in [0.2, 0.25) is 0 Å². The first-order valence-electron chi connectivity index (χ1n) is 21.1. The van der Waals surface area contributed by atoms with Gasteiger partial charge in [-0.05, 0) is 71.4 Å². The first kappa shape index (κ1) is 40.3. The Bertz CT molecular complexity index is 3390. The van der Waals surface area contributed by atoms with Gasteiger partial charge in [0.05, 0.1) is 39.4 Å². The van der Waals surface area contributed by atoms with Crippen molar-refractivity contribution >= 4 is 33.5 Å². The van der Waals surface area contributed by atoms with Crippen LogP contribution in [-0.2, 0) is 20.1 Å². The Morgan fingerprint density at radius 3 is 1.45 bits per heavy atom. The average molecular weight is 997 g/mol. The minimum absolute atomic E-state index is 0. The molecular formula is C58H38IrN5. The number of fused-ring (bicyclic) bond motifs is 3. The molecule has 0 amide bonds. The number of para-hydroxylation sites is 7. The summed E-state index contributed by atoms with van der Waals surface area (Å²) in [7, 11) is 0. The molecule has 0 saturated heterocycles. The fourth-order valence-corrected chi connectivity index (χ4v) is 8.53. The zero-order valence-corrected chi connectivity index (χ0v) is 36.9. The van der Waals surface area contributed by atoms with E-state index in [1.165, 1.54) is 11.1 Å². The minimum Gasteiger partial charge on any atom is -0.325 e. The third kappa shape index (κ3) is 7.71. The van der Waals surface area contributed by atoms with Gasteiger partial charge in [0.25, 0.3) is 0 Å². The molecule has 0 saturated carbocycles. The standard InChI is InChI=1S/C33H22N3.C25H16N2.Ir/c1-3-12-23(13-4-1)31-27-18-7-8-19-28(27)34-32(31)24-14-11-15-25(22-24)33-35-29-20-9-10-21-30(29)36(33)26-16-5-2-6-17-26;1-3-10-19(11-4-1)20-12-9-13-21(18-20)25-26-23-16-7-8-17-24(23)27(25)22-14-5-2-6-15-22;/h1-21,31H;1-10,12-17H;/q-1;-2;+3. The predicted octanol–water partition coefficient (Wildman–Crippen LogP) is 13.7. The number of rotatable bonds is 7. The molecule has 0 bridgehead atoms.